The summed E-state index contributed by atoms with van der Waals surface area (Å²) in [6.45, 7) is 3.54. The molecule has 1 heterocycles. The molecule has 5 nitrogen and oxygen atoms in total. The summed E-state index contributed by atoms with van der Waals surface area (Å²) in [5.41, 5.74) is 8.43. The number of hydrogen-bond acceptors (Lipinski definition) is 4. The Kier molecular flexibility index (Phi) is 5.78. The summed E-state index contributed by atoms with van der Waals surface area (Å²) in [4.78, 5) is 15.1. The van der Waals surface area contributed by atoms with Gasteiger partial charge in [0.1, 0.15) is 5.75 Å². The van der Waals surface area contributed by atoms with E-state index in [9.17, 15) is 4.79 Å². The Hall–Kier alpha value is -2.53. The number of para-hydroxylation sites is 1. The summed E-state index contributed by atoms with van der Waals surface area (Å²) in [6.07, 6.45) is 2.09. The number of piperidine rings is 1. The van der Waals surface area contributed by atoms with Crippen LogP contribution in [-0.2, 0) is 0 Å². The lowest BCUT2D eigenvalue weighted by molar-refractivity contribution is 0.0662. The number of methoxy groups -OCH3 is 1. The second-order valence-electron chi connectivity index (χ2n) is 6.92. The molecule has 5 heteroatoms. The van der Waals surface area contributed by atoms with Gasteiger partial charge in [-0.1, -0.05) is 18.2 Å². The number of nitrogens with zero attached hydrogens (tertiary/aromatic N) is 1. The Bertz CT molecular complexity index is 760. The lowest BCUT2D eigenvalue weighted by Crippen LogP contribution is -2.45. The fraction of sp³-hybridized carbons (Fsp3) is 0.381. The first kappa shape index (κ1) is 18.3. The number of carbonyl (C=O) groups is 1. The standard InChI is InChI=1S/C21H27N3O2/c1-15(22)16-7-6-12-24(14-16)21(25)19-10-3-4-11-20(19)23-17-8-5-9-18(13-17)26-2/h3-5,8-11,13,15-16,23H,6-7,12,14,22H2,1-2H3. The fourth-order valence-corrected chi connectivity index (χ4v) is 3.43. The Morgan fingerprint density at radius 3 is 2.85 bits per heavy atom. The van der Waals surface area contributed by atoms with Crippen molar-refractivity contribution < 1.29 is 9.53 Å². The van der Waals surface area contributed by atoms with E-state index in [1.807, 2.05) is 60.4 Å². The van der Waals surface area contributed by atoms with Crippen molar-refractivity contribution in [3.8, 4) is 5.75 Å². The SMILES string of the molecule is COc1cccc(Nc2ccccc2C(=O)N2CCCC(C(C)N)C2)c1. The maximum absolute atomic E-state index is 13.1. The molecule has 1 amide bonds. The first-order valence-electron chi connectivity index (χ1n) is 9.13. The number of ether oxygens (including phenoxy) is 1. The number of nitrogens with two attached hydrogens (primary N) is 1. The second kappa shape index (κ2) is 8.23. The van der Waals surface area contributed by atoms with Crippen LogP contribution in [0.1, 0.15) is 30.1 Å². The van der Waals surface area contributed by atoms with Gasteiger partial charge >= 0.3 is 0 Å². The van der Waals surface area contributed by atoms with Crippen LogP contribution in [-0.4, -0.2) is 37.0 Å². The van der Waals surface area contributed by atoms with Crippen molar-refractivity contribution in [2.75, 3.05) is 25.5 Å². The minimum atomic E-state index is 0.0568. The molecule has 3 rings (SSSR count). The van der Waals surface area contributed by atoms with E-state index in [2.05, 4.69) is 5.32 Å². The molecule has 1 saturated heterocycles. The number of carbonyl (C=O) groups excluding carboxylic acids is 1. The summed E-state index contributed by atoms with van der Waals surface area (Å²) in [5.74, 6) is 1.20. The Morgan fingerprint density at radius 1 is 1.27 bits per heavy atom. The van der Waals surface area contributed by atoms with Gasteiger partial charge in [-0.2, -0.15) is 0 Å². The van der Waals surface area contributed by atoms with E-state index in [0.717, 1.165) is 43.1 Å². The number of benzene rings is 2. The van der Waals surface area contributed by atoms with Crippen molar-refractivity contribution in [3.63, 3.8) is 0 Å². The van der Waals surface area contributed by atoms with E-state index in [-0.39, 0.29) is 11.9 Å². The van der Waals surface area contributed by atoms with Gasteiger partial charge in [0, 0.05) is 30.9 Å². The highest BCUT2D eigenvalue weighted by Gasteiger charge is 2.27. The smallest absolute Gasteiger partial charge is 0.255 e. The van der Waals surface area contributed by atoms with Crippen LogP contribution in [0.2, 0.25) is 0 Å². The van der Waals surface area contributed by atoms with Gasteiger partial charge in [0.25, 0.3) is 5.91 Å². The molecule has 2 aromatic rings. The number of hydrogen-bond donors (Lipinski definition) is 2. The zero-order valence-electron chi connectivity index (χ0n) is 15.4. The lowest BCUT2D eigenvalue weighted by atomic mass is 9.91. The third kappa shape index (κ3) is 4.17. The summed E-state index contributed by atoms with van der Waals surface area (Å²) in [7, 11) is 1.64. The first-order chi connectivity index (χ1) is 12.6. The van der Waals surface area contributed by atoms with Gasteiger partial charge in [-0.3, -0.25) is 4.79 Å². The molecular formula is C21H27N3O2. The number of nitrogens with one attached hydrogen (secondary N) is 1. The van der Waals surface area contributed by atoms with E-state index in [4.69, 9.17) is 10.5 Å². The molecule has 26 heavy (non-hydrogen) atoms. The van der Waals surface area contributed by atoms with Gasteiger partial charge in [-0.15, -0.1) is 0 Å². The molecule has 0 saturated carbocycles. The van der Waals surface area contributed by atoms with Crippen LogP contribution in [0.25, 0.3) is 0 Å². The fourth-order valence-electron chi connectivity index (χ4n) is 3.43. The third-order valence-corrected chi connectivity index (χ3v) is 4.99. The van der Waals surface area contributed by atoms with Crippen molar-refractivity contribution in [1.29, 1.82) is 0 Å². The predicted octanol–water partition coefficient (Wildman–Crippen LogP) is 3.64. The molecule has 1 aliphatic heterocycles. The van der Waals surface area contributed by atoms with Crippen LogP contribution < -0.4 is 15.8 Å². The molecule has 138 valence electrons. The number of rotatable bonds is 5. The van der Waals surface area contributed by atoms with Gasteiger partial charge in [0.2, 0.25) is 0 Å². The molecule has 2 aromatic carbocycles. The molecule has 0 radical (unpaired) electrons. The lowest BCUT2D eigenvalue weighted by Gasteiger charge is -2.35. The van der Waals surface area contributed by atoms with Gasteiger partial charge < -0.3 is 20.7 Å². The average molecular weight is 353 g/mol. The van der Waals surface area contributed by atoms with Gasteiger partial charge in [0.15, 0.2) is 0 Å². The average Bonchev–Trinajstić information content (AvgIpc) is 2.68. The van der Waals surface area contributed by atoms with Gasteiger partial charge in [-0.25, -0.2) is 0 Å². The van der Waals surface area contributed by atoms with E-state index < -0.39 is 0 Å². The topological polar surface area (TPSA) is 67.6 Å². The second-order valence-corrected chi connectivity index (χ2v) is 6.92. The van der Waals surface area contributed by atoms with E-state index >= 15 is 0 Å². The molecule has 1 aliphatic rings. The molecule has 0 bridgehead atoms. The Balaban J connectivity index is 1.81. The molecule has 0 aromatic heterocycles. The summed E-state index contributed by atoms with van der Waals surface area (Å²) in [5, 5.41) is 3.35. The van der Waals surface area contributed by atoms with E-state index in [1.54, 1.807) is 7.11 Å². The Labute approximate surface area is 155 Å². The minimum absolute atomic E-state index is 0.0568. The number of anilines is 2. The summed E-state index contributed by atoms with van der Waals surface area (Å²) >= 11 is 0. The maximum atomic E-state index is 13.1. The van der Waals surface area contributed by atoms with Crippen LogP contribution in [0.15, 0.2) is 48.5 Å². The zero-order chi connectivity index (χ0) is 18.5. The largest absolute Gasteiger partial charge is 0.497 e. The number of likely N-dealkylation sites (tertiary alicyclic amines) is 1. The van der Waals surface area contributed by atoms with E-state index in [1.165, 1.54) is 0 Å². The van der Waals surface area contributed by atoms with Crippen molar-refractivity contribution in [2.45, 2.75) is 25.8 Å². The monoisotopic (exact) mass is 353 g/mol. The quantitative estimate of drug-likeness (QED) is 0.861. The normalized spacial score (nSPS) is 18.3. The molecule has 1 fully saturated rings. The zero-order valence-corrected chi connectivity index (χ0v) is 15.4. The molecule has 2 atom stereocenters. The third-order valence-electron chi connectivity index (χ3n) is 4.99. The van der Waals surface area contributed by atoms with Crippen molar-refractivity contribution in [1.82, 2.24) is 4.90 Å². The summed E-state index contributed by atoms with van der Waals surface area (Å²) < 4.78 is 5.27. The highest BCUT2D eigenvalue weighted by molar-refractivity contribution is 6.00. The highest BCUT2D eigenvalue weighted by Crippen LogP contribution is 2.27. The molecule has 0 spiro atoms. The van der Waals surface area contributed by atoms with Crippen molar-refractivity contribution in [3.05, 3.63) is 54.1 Å². The van der Waals surface area contributed by atoms with E-state index in [0.29, 0.717) is 11.5 Å². The molecule has 2 unspecified atom stereocenters. The van der Waals surface area contributed by atoms with Crippen LogP contribution in [0.5, 0.6) is 5.75 Å². The molecule has 3 N–H and O–H groups in total. The highest BCUT2D eigenvalue weighted by atomic mass is 16.5. The first-order valence-corrected chi connectivity index (χ1v) is 9.13. The molecule has 0 aliphatic carbocycles. The minimum Gasteiger partial charge on any atom is -0.497 e. The number of amides is 1. The van der Waals surface area contributed by atoms with Crippen molar-refractivity contribution in [2.24, 2.45) is 11.7 Å². The van der Waals surface area contributed by atoms with Gasteiger partial charge in [0.05, 0.1) is 18.4 Å². The van der Waals surface area contributed by atoms with Crippen LogP contribution in [0.3, 0.4) is 0 Å². The van der Waals surface area contributed by atoms with Gasteiger partial charge in [-0.05, 0) is 49.9 Å². The van der Waals surface area contributed by atoms with Crippen molar-refractivity contribution >= 4 is 17.3 Å². The van der Waals surface area contributed by atoms with Crippen LogP contribution >= 0.6 is 0 Å². The van der Waals surface area contributed by atoms with Crippen LogP contribution in [0, 0.1) is 5.92 Å². The summed E-state index contributed by atoms with van der Waals surface area (Å²) in [6, 6.07) is 15.4. The van der Waals surface area contributed by atoms with Crippen LogP contribution in [0.4, 0.5) is 11.4 Å². The maximum Gasteiger partial charge on any atom is 0.255 e. The Morgan fingerprint density at radius 2 is 2.08 bits per heavy atom. The predicted molar refractivity (Wildman–Crippen MR) is 105 cm³/mol. The molecular weight excluding hydrogens is 326 g/mol.